The highest BCUT2D eigenvalue weighted by Crippen LogP contribution is 1.80. The lowest BCUT2D eigenvalue weighted by Gasteiger charge is -1.97. The van der Waals surface area contributed by atoms with Gasteiger partial charge in [-0.15, -0.1) is 10.2 Å². The van der Waals surface area contributed by atoms with Crippen LogP contribution in [0.15, 0.2) is 73.7 Å². The van der Waals surface area contributed by atoms with Gasteiger partial charge in [-0.2, -0.15) is 0 Å². The fourth-order valence-corrected chi connectivity index (χ4v) is 0.776. The third-order valence-electron chi connectivity index (χ3n) is 1.47. The summed E-state index contributed by atoms with van der Waals surface area (Å²) in [5, 5.41) is 10.1. The van der Waals surface area contributed by atoms with Crippen LogP contribution in [0, 0.1) is 0 Å². The molecule has 3 rings (SSSR count). The Bertz CT molecular complexity index is 336. The Morgan fingerprint density at radius 3 is 1.72 bits per heavy atom. The van der Waals surface area contributed by atoms with Crippen LogP contribution in [0.2, 0.25) is 0 Å². The van der Waals surface area contributed by atoms with Gasteiger partial charge >= 0.3 is 0 Å². The minimum Gasteiger partial charge on any atom is -0.391 e. The molecule has 92 valence electrons. The summed E-state index contributed by atoms with van der Waals surface area (Å²) in [5.74, 6) is 0. The van der Waals surface area contributed by atoms with Crippen LogP contribution in [0.4, 0.5) is 0 Å². The summed E-state index contributed by atoms with van der Waals surface area (Å²) in [5.41, 5.74) is 2.52. The largest absolute Gasteiger partial charge is 0.391 e. The van der Waals surface area contributed by atoms with Crippen LogP contribution in [0.1, 0.15) is 0 Å². The monoisotopic (exact) mass is 243 g/mol. The van der Waals surface area contributed by atoms with E-state index in [1.807, 2.05) is 24.3 Å². The molecule has 0 fully saturated rings. The van der Waals surface area contributed by atoms with Crippen LogP contribution in [0.5, 0.6) is 0 Å². The zero-order chi connectivity index (χ0) is 12.7. The number of nitrogens with zero attached hydrogens (tertiary/aromatic N) is 4. The third kappa shape index (κ3) is 8.54. The van der Waals surface area contributed by atoms with Crippen molar-refractivity contribution in [2.75, 3.05) is 0 Å². The number of nitrogens with one attached hydrogen (secondary N) is 1. The molecule has 0 aliphatic carbocycles. The van der Waals surface area contributed by atoms with E-state index in [1.54, 1.807) is 49.4 Å². The summed E-state index contributed by atoms with van der Waals surface area (Å²) >= 11 is 0. The minimum atomic E-state index is 1.57. The first-order valence-electron chi connectivity index (χ1n) is 5.16. The normalized spacial score (nSPS) is 10.7. The molecular weight excluding hydrogens is 230 g/mol. The van der Waals surface area contributed by atoms with Gasteiger partial charge in [0.1, 0.15) is 6.26 Å². The summed E-state index contributed by atoms with van der Waals surface area (Å²) in [7, 11) is 0. The van der Waals surface area contributed by atoms with E-state index in [9.17, 15) is 0 Å². The Morgan fingerprint density at radius 1 is 0.778 bits per heavy atom. The van der Waals surface area contributed by atoms with E-state index in [1.165, 1.54) is 0 Å². The quantitative estimate of drug-likeness (QED) is 0.756. The Balaban J connectivity index is 0.000000135. The fourth-order valence-electron chi connectivity index (χ4n) is 0.776. The maximum Gasteiger partial charge on any atom is 0.119 e. The van der Waals surface area contributed by atoms with Gasteiger partial charge in [0.05, 0.1) is 12.4 Å². The molecule has 2 aromatic rings. The van der Waals surface area contributed by atoms with Crippen molar-refractivity contribution in [2.45, 2.75) is 0 Å². The van der Waals surface area contributed by atoms with Crippen LogP contribution < -0.4 is 5.48 Å². The molecule has 0 radical (unpaired) electrons. The maximum absolute atomic E-state index is 4.55. The first-order chi connectivity index (χ1) is 9.00. The molecule has 1 N–H and O–H groups in total. The molecule has 0 amide bonds. The molecule has 3 heterocycles. The Labute approximate surface area is 105 Å². The second kappa shape index (κ2) is 10.7. The molecule has 1 aliphatic rings. The number of hydrogen-bond donors (Lipinski definition) is 1. The zero-order valence-electron chi connectivity index (χ0n) is 9.63. The second-order valence-electron chi connectivity index (χ2n) is 2.76. The van der Waals surface area contributed by atoms with Crippen molar-refractivity contribution in [2.24, 2.45) is 0 Å². The fraction of sp³-hybridized carbons (Fsp3) is 0. The molecular formula is C12H13N5O. The first-order valence-corrected chi connectivity index (χ1v) is 5.16. The maximum atomic E-state index is 4.55. The van der Waals surface area contributed by atoms with Crippen molar-refractivity contribution in [3.8, 4) is 0 Å². The van der Waals surface area contributed by atoms with E-state index in [2.05, 4.69) is 30.7 Å². The number of rotatable bonds is 0. The lowest BCUT2D eigenvalue weighted by molar-refractivity contribution is 0.172. The van der Waals surface area contributed by atoms with Crippen molar-refractivity contribution in [3.05, 3.63) is 73.7 Å². The van der Waals surface area contributed by atoms with Gasteiger partial charge in [0.15, 0.2) is 0 Å². The lowest BCUT2D eigenvalue weighted by Crippen LogP contribution is -2.01. The molecule has 0 bridgehead atoms. The molecule has 1 aliphatic heterocycles. The van der Waals surface area contributed by atoms with E-state index in [0.717, 1.165) is 0 Å². The Hall–Kier alpha value is -2.76. The van der Waals surface area contributed by atoms with Crippen LogP contribution in [-0.2, 0) is 4.84 Å². The van der Waals surface area contributed by atoms with Gasteiger partial charge in [-0.3, -0.25) is 4.98 Å². The smallest absolute Gasteiger partial charge is 0.119 e. The standard InChI is InChI=1S/C5H5N.C4H5NO.C3H3N3/c3*1-2-4-6-5-3-1/h2*1-5H;1-3H. The number of aromatic nitrogens is 4. The molecule has 0 saturated carbocycles. The second-order valence-corrected chi connectivity index (χ2v) is 2.76. The summed E-state index contributed by atoms with van der Waals surface area (Å²) in [6.07, 6.45) is 13.6. The molecule has 18 heavy (non-hydrogen) atoms. The van der Waals surface area contributed by atoms with Gasteiger partial charge in [-0.25, -0.2) is 5.48 Å². The topological polar surface area (TPSA) is 72.8 Å². The average molecular weight is 243 g/mol. The summed E-state index contributed by atoms with van der Waals surface area (Å²) in [6.45, 7) is 0. The molecule has 6 nitrogen and oxygen atoms in total. The Morgan fingerprint density at radius 2 is 1.56 bits per heavy atom. The van der Waals surface area contributed by atoms with Crippen molar-refractivity contribution < 1.29 is 4.84 Å². The third-order valence-corrected chi connectivity index (χ3v) is 1.47. The van der Waals surface area contributed by atoms with Crippen molar-refractivity contribution >= 4 is 0 Å². The molecule has 0 aromatic carbocycles. The molecule has 6 heteroatoms. The van der Waals surface area contributed by atoms with E-state index in [4.69, 9.17) is 0 Å². The van der Waals surface area contributed by atoms with Crippen molar-refractivity contribution in [1.82, 2.24) is 25.9 Å². The van der Waals surface area contributed by atoms with E-state index in [-0.39, 0.29) is 0 Å². The van der Waals surface area contributed by atoms with Crippen LogP contribution in [-0.4, -0.2) is 20.4 Å². The predicted molar refractivity (Wildman–Crippen MR) is 66.6 cm³/mol. The molecule has 0 unspecified atom stereocenters. The van der Waals surface area contributed by atoms with Gasteiger partial charge in [0.25, 0.3) is 0 Å². The summed E-state index contributed by atoms with van der Waals surface area (Å²) in [4.78, 5) is 8.34. The predicted octanol–water partition coefficient (Wildman–Crippen LogP) is 1.50. The Kier molecular flexibility index (Phi) is 7.94. The highest BCUT2D eigenvalue weighted by Gasteiger charge is 1.72. The number of hydrogen-bond acceptors (Lipinski definition) is 6. The average Bonchev–Trinajstić information content (AvgIpc) is 2.54. The lowest BCUT2D eigenvalue weighted by atomic mass is 10.5. The van der Waals surface area contributed by atoms with Crippen LogP contribution in [0.3, 0.4) is 0 Å². The highest BCUT2D eigenvalue weighted by atomic mass is 16.6. The van der Waals surface area contributed by atoms with E-state index >= 15 is 0 Å². The van der Waals surface area contributed by atoms with Crippen LogP contribution >= 0.6 is 0 Å². The zero-order valence-corrected chi connectivity index (χ0v) is 9.63. The molecule has 0 spiro atoms. The van der Waals surface area contributed by atoms with Gasteiger partial charge in [0.2, 0.25) is 0 Å². The molecule has 0 saturated heterocycles. The van der Waals surface area contributed by atoms with E-state index < -0.39 is 0 Å². The minimum absolute atomic E-state index is 1.57. The molecule has 2 aromatic heterocycles. The number of allylic oxidation sites excluding steroid dienone is 2. The van der Waals surface area contributed by atoms with Crippen molar-refractivity contribution in [3.63, 3.8) is 0 Å². The van der Waals surface area contributed by atoms with Gasteiger partial charge in [-0.05, 0) is 35.6 Å². The van der Waals surface area contributed by atoms with Crippen molar-refractivity contribution in [1.29, 1.82) is 0 Å². The number of hydroxylamine groups is 1. The van der Waals surface area contributed by atoms with Crippen LogP contribution in [0.25, 0.3) is 0 Å². The van der Waals surface area contributed by atoms with Gasteiger partial charge in [-0.1, -0.05) is 6.07 Å². The van der Waals surface area contributed by atoms with E-state index in [0.29, 0.717) is 0 Å². The number of pyridine rings is 1. The van der Waals surface area contributed by atoms with Gasteiger partial charge < -0.3 is 4.84 Å². The SMILES string of the molecule is C1=CNOC=C1.c1ccncc1.c1cnnnc1. The summed E-state index contributed by atoms with van der Waals surface area (Å²) < 4.78 is 0. The highest BCUT2D eigenvalue weighted by molar-refractivity contribution is 5.00. The van der Waals surface area contributed by atoms with Gasteiger partial charge in [0, 0.05) is 18.6 Å². The first kappa shape index (κ1) is 13.3. The summed E-state index contributed by atoms with van der Waals surface area (Å²) in [6, 6.07) is 7.43. The molecule has 0 atom stereocenters.